The second kappa shape index (κ2) is 7.44. The van der Waals surface area contributed by atoms with E-state index in [0.717, 1.165) is 11.3 Å². The number of hydrogen-bond acceptors (Lipinski definition) is 5. The Morgan fingerprint density at radius 2 is 2.04 bits per heavy atom. The maximum absolute atomic E-state index is 11.9. The summed E-state index contributed by atoms with van der Waals surface area (Å²) in [6.07, 6.45) is 3.21. The zero-order chi connectivity index (χ0) is 17.0. The number of allylic oxidation sites excluding steroid dienone is 3. The van der Waals surface area contributed by atoms with Crippen LogP contribution in [0.1, 0.15) is 6.92 Å². The molecular formula is C17H20ClN3O2. The summed E-state index contributed by atoms with van der Waals surface area (Å²) in [7, 11) is 3.89. The van der Waals surface area contributed by atoms with E-state index in [2.05, 4.69) is 10.3 Å². The molecule has 0 fully saturated rings. The quantitative estimate of drug-likeness (QED) is 0.812. The van der Waals surface area contributed by atoms with Crippen molar-refractivity contribution in [2.24, 2.45) is 4.99 Å². The molecule has 23 heavy (non-hydrogen) atoms. The van der Waals surface area contributed by atoms with Gasteiger partial charge in [0, 0.05) is 26.3 Å². The third kappa shape index (κ3) is 4.21. The fraction of sp³-hybridized carbons (Fsp3) is 0.294. The minimum Gasteiger partial charge on any atom is -0.395 e. The van der Waals surface area contributed by atoms with Gasteiger partial charge in [-0.05, 0) is 42.8 Å². The number of nitrogens with one attached hydrogen (secondary N) is 1. The summed E-state index contributed by atoms with van der Waals surface area (Å²) in [5.41, 5.74) is 3.50. The third-order valence-electron chi connectivity index (χ3n) is 3.41. The van der Waals surface area contributed by atoms with E-state index in [9.17, 15) is 4.79 Å². The Kier molecular flexibility index (Phi) is 5.58. The number of aliphatic hydroxyl groups excluding tert-OH is 1. The van der Waals surface area contributed by atoms with E-state index in [1.807, 2.05) is 44.1 Å². The van der Waals surface area contributed by atoms with Gasteiger partial charge in [0.25, 0.3) is 0 Å². The van der Waals surface area contributed by atoms with Crippen LogP contribution < -0.4 is 10.2 Å². The van der Waals surface area contributed by atoms with Crippen molar-refractivity contribution in [2.45, 2.75) is 6.92 Å². The fourth-order valence-corrected chi connectivity index (χ4v) is 2.33. The Morgan fingerprint density at radius 3 is 2.65 bits per heavy atom. The molecule has 122 valence electrons. The Labute approximate surface area is 141 Å². The number of aliphatic imine (C=N–C) groups is 1. The highest BCUT2D eigenvalue weighted by atomic mass is 35.5. The summed E-state index contributed by atoms with van der Waals surface area (Å²) in [6, 6.07) is 5.64. The lowest BCUT2D eigenvalue weighted by Crippen LogP contribution is -2.26. The maximum atomic E-state index is 11.9. The summed E-state index contributed by atoms with van der Waals surface area (Å²) < 4.78 is 0. The van der Waals surface area contributed by atoms with Crippen LogP contribution in [0.15, 0.2) is 46.6 Å². The first-order valence-electron chi connectivity index (χ1n) is 7.27. The molecule has 0 aliphatic heterocycles. The SMILES string of the molecule is CC1=CC(=O)C(NCCO)=CC1=Nc1ccc(N(C)C)cc1Cl. The zero-order valence-corrected chi connectivity index (χ0v) is 14.2. The van der Waals surface area contributed by atoms with E-state index in [4.69, 9.17) is 16.7 Å². The van der Waals surface area contributed by atoms with Crippen molar-refractivity contribution in [2.75, 3.05) is 32.1 Å². The Hall–Kier alpha value is -2.11. The smallest absolute Gasteiger partial charge is 0.202 e. The molecule has 0 spiro atoms. The van der Waals surface area contributed by atoms with Gasteiger partial charge in [-0.15, -0.1) is 0 Å². The van der Waals surface area contributed by atoms with Crippen LogP contribution in [0.5, 0.6) is 0 Å². The minimum atomic E-state index is -0.121. The number of benzene rings is 1. The lowest BCUT2D eigenvalue weighted by Gasteiger charge is -2.15. The topological polar surface area (TPSA) is 64.9 Å². The monoisotopic (exact) mass is 333 g/mol. The second-order valence-electron chi connectivity index (χ2n) is 5.43. The molecule has 0 bridgehead atoms. The second-order valence-corrected chi connectivity index (χ2v) is 5.83. The van der Waals surface area contributed by atoms with Gasteiger partial charge in [-0.3, -0.25) is 4.79 Å². The molecule has 0 saturated carbocycles. The van der Waals surface area contributed by atoms with E-state index in [1.165, 1.54) is 6.08 Å². The fourth-order valence-electron chi connectivity index (χ4n) is 2.11. The molecule has 1 aliphatic carbocycles. The van der Waals surface area contributed by atoms with Gasteiger partial charge in [0.2, 0.25) is 5.78 Å². The van der Waals surface area contributed by atoms with E-state index >= 15 is 0 Å². The van der Waals surface area contributed by atoms with Crippen LogP contribution in [-0.4, -0.2) is 43.8 Å². The zero-order valence-electron chi connectivity index (χ0n) is 13.4. The number of aliphatic hydroxyl groups is 1. The average molecular weight is 334 g/mol. The highest BCUT2D eigenvalue weighted by Gasteiger charge is 2.16. The van der Waals surface area contributed by atoms with Crippen molar-refractivity contribution in [1.82, 2.24) is 5.32 Å². The van der Waals surface area contributed by atoms with Crippen LogP contribution in [0, 0.1) is 0 Å². The molecule has 0 saturated heterocycles. The van der Waals surface area contributed by atoms with E-state index in [-0.39, 0.29) is 12.4 Å². The molecule has 0 amide bonds. The summed E-state index contributed by atoms with van der Waals surface area (Å²) in [6.45, 7) is 2.10. The van der Waals surface area contributed by atoms with Crippen LogP contribution in [0.2, 0.25) is 5.02 Å². The first kappa shape index (κ1) is 17.2. The van der Waals surface area contributed by atoms with Crippen molar-refractivity contribution >= 4 is 34.5 Å². The summed E-state index contributed by atoms with van der Waals surface area (Å²) in [5, 5.41) is 12.3. The number of rotatable bonds is 5. The number of halogens is 1. The lowest BCUT2D eigenvalue weighted by molar-refractivity contribution is -0.111. The normalized spacial score (nSPS) is 16.2. The van der Waals surface area contributed by atoms with Crippen LogP contribution in [0.25, 0.3) is 0 Å². The molecule has 0 aromatic heterocycles. The number of carbonyl (C=O) groups excluding carboxylic acids is 1. The van der Waals surface area contributed by atoms with E-state index in [0.29, 0.717) is 28.7 Å². The molecule has 0 atom stereocenters. The molecular weight excluding hydrogens is 314 g/mol. The molecule has 6 heteroatoms. The number of ketones is 1. The predicted octanol–water partition coefficient (Wildman–Crippen LogP) is 2.47. The molecule has 2 N–H and O–H groups in total. The van der Waals surface area contributed by atoms with Gasteiger partial charge in [0.05, 0.1) is 28.7 Å². The maximum Gasteiger partial charge on any atom is 0.202 e. The largest absolute Gasteiger partial charge is 0.395 e. The summed E-state index contributed by atoms with van der Waals surface area (Å²) >= 11 is 6.30. The van der Waals surface area contributed by atoms with Gasteiger partial charge in [0.1, 0.15) is 0 Å². The highest BCUT2D eigenvalue weighted by molar-refractivity contribution is 6.33. The van der Waals surface area contributed by atoms with Crippen molar-refractivity contribution in [1.29, 1.82) is 0 Å². The predicted molar refractivity (Wildman–Crippen MR) is 94.8 cm³/mol. The standard InChI is InChI=1S/C17H20ClN3O2/c1-11-8-17(23)16(19-6-7-22)10-15(11)20-14-5-4-12(21(2)3)9-13(14)18/h4-5,8-10,19,22H,6-7H2,1-3H3. The molecule has 0 heterocycles. The number of anilines is 1. The first-order chi connectivity index (χ1) is 10.9. The van der Waals surface area contributed by atoms with E-state index in [1.54, 1.807) is 6.08 Å². The van der Waals surface area contributed by atoms with Crippen molar-refractivity contribution in [3.63, 3.8) is 0 Å². The van der Waals surface area contributed by atoms with Crippen molar-refractivity contribution in [3.8, 4) is 0 Å². The van der Waals surface area contributed by atoms with Gasteiger partial charge >= 0.3 is 0 Å². The van der Waals surface area contributed by atoms with Gasteiger partial charge in [-0.2, -0.15) is 0 Å². The molecule has 1 aliphatic rings. The molecule has 1 aromatic carbocycles. The summed E-state index contributed by atoms with van der Waals surface area (Å²) in [5.74, 6) is -0.121. The van der Waals surface area contributed by atoms with Gasteiger partial charge < -0.3 is 15.3 Å². The molecule has 0 unspecified atom stereocenters. The number of hydrogen-bond donors (Lipinski definition) is 2. The highest BCUT2D eigenvalue weighted by Crippen LogP contribution is 2.30. The van der Waals surface area contributed by atoms with Crippen LogP contribution in [0.4, 0.5) is 11.4 Å². The van der Waals surface area contributed by atoms with Crippen molar-refractivity contribution < 1.29 is 9.90 Å². The molecule has 2 rings (SSSR count). The minimum absolute atomic E-state index is 0.0440. The first-order valence-corrected chi connectivity index (χ1v) is 7.65. The lowest BCUT2D eigenvalue weighted by atomic mass is 10.0. The molecule has 1 aromatic rings. The Balaban J connectivity index is 2.35. The third-order valence-corrected chi connectivity index (χ3v) is 3.72. The number of nitrogens with zero attached hydrogens (tertiary/aromatic N) is 2. The van der Waals surface area contributed by atoms with Gasteiger partial charge in [0.15, 0.2) is 0 Å². The average Bonchev–Trinajstić information content (AvgIpc) is 2.50. The van der Waals surface area contributed by atoms with Gasteiger partial charge in [-0.1, -0.05) is 11.6 Å². The van der Waals surface area contributed by atoms with Crippen LogP contribution in [0.3, 0.4) is 0 Å². The summed E-state index contributed by atoms with van der Waals surface area (Å²) in [4.78, 5) is 18.4. The molecule has 5 nitrogen and oxygen atoms in total. The van der Waals surface area contributed by atoms with Crippen LogP contribution in [-0.2, 0) is 4.79 Å². The van der Waals surface area contributed by atoms with Gasteiger partial charge in [-0.25, -0.2) is 4.99 Å². The molecule has 0 radical (unpaired) electrons. The Bertz CT molecular complexity index is 706. The Morgan fingerprint density at radius 1 is 1.30 bits per heavy atom. The van der Waals surface area contributed by atoms with Crippen LogP contribution >= 0.6 is 11.6 Å². The van der Waals surface area contributed by atoms with Crippen molar-refractivity contribution in [3.05, 3.63) is 46.6 Å². The van der Waals surface area contributed by atoms with E-state index < -0.39 is 0 Å². The number of carbonyl (C=O) groups is 1.